The molecule has 19 heavy (non-hydrogen) atoms. The van der Waals surface area contributed by atoms with Crippen molar-refractivity contribution in [3.8, 4) is 5.88 Å². The number of hydrogen-bond acceptors (Lipinski definition) is 5. The zero-order valence-corrected chi connectivity index (χ0v) is 9.35. The Bertz CT molecular complexity index is 581. The summed E-state index contributed by atoms with van der Waals surface area (Å²) in [6, 6.07) is 1.60. The fraction of sp³-hybridized carbons (Fsp3) is 0.182. The molecule has 0 aliphatic carbocycles. The summed E-state index contributed by atoms with van der Waals surface area (Å²) in [5, 5.41) is 0. The maximum atomic E-state index is 12.4. The molecule has 0 atom stereocenters. The predicted octanol–water partition coefficient (Wildman–Crippen LogP) is 2.48. The maximum Gasteiger partial charge on any atom is 0.416 e. The van der Waals surface area contributed by atoms with Crippen LogP contribution in [0.5, 0.6) is 5.88 Å². The van der Waals surface area contributed by atoms with Crippen LogP contribution in [0.25, 0.3) is 0 Å². The molecule has 5 nitrogen and oxygen atoms in total. The van der Waals surface area contributed by atoms with E-state index in [1.165, 1.54) is 0 Å². The second-order valence-corrected chi connectivity index (χ2v) is 3.45. The van der Waals surface area contributed by atoms with Crippen molar-refractivity contribution in [1.29, 1.82) is 0 Å². The van der Waals surface area contributed by atoms with E-state index in [4.69, 9.17) is 9.15 Å². The first-order valence-corrected chi connectivity index (χ1v) is 5.04. The summed E-state index contributed by atoms with van der Waals surface area (Å²) >= 11 is 0. The third-order valence-electron chi connectivity index (χ3n) is 2.10. The molecule has 0 aliphatic rings. The van der Waals surface area contributed by atoms with Crippen molar-refractivity contribution in [1.82, 2.24) is 9.97 Å². The lowest BCUT2D eigenvalue weighted by Crippen LogP contribution is -2.06. The number of pyridine rings is 1. The van der Waals surface area contributed by atoms with Gasteiger partial charge in [-0.3, -0.25) is 4.79 Å². The van der Waals surface area contributed by atoms with Gasteiger partial charge < -0.3 is 9.15 Å². The summed E-state index contributed by atoms with van der Waals surface area (Å²) in [5.74, 6) is -0.137. The molecule has 100 valence electrons. The van der Waals surface area contributed by atoms with Crippen LogP contribution in [0.15, 0.2) is 29.0 Å². The van der Waals surface area contributed by atoms with E-state index in [2.05, 4.69) is 9.97 Å². The molecule has 8 heteroatoms. The number of aldehydes is 1. The van der Waals surface area contributed by atoms with E-state index >= 15 is 0 Å². The molecule has 0 aliphatic heterocycles. The van der Waals surface area contributed by atoms with E-state index in [0.717, 1.165) is 24.6 Å². The molecule has 2 aromatic heterocycles. The summed E-state index contributed by atoms with van der Waals surface area (Å²) in [6.45, 7) is -0.220. The Morgan fingerprint density at radius 2 is 2.21 bits per heavy atom. The molecule has 0 saturated carbocycles. The molecule has 0 fully saturated rings. The maximum absolute atomic E-state index is 12.4. The highest BCUT2D eigenvalue weighted by Crippen LogP contribution is 2.30. The summed E-state index contributed by atoms with van der Waals surface area (Å²) in [7, 11) is 0. The third kappa shape index (κ3) is 3.30. The molecule has 0 spiro atoms. The van der Waals surface area contributed by atoms with Gasteiger partial charge in [-0.25, -0.2) is 9.97 Å². The first-order valence-electron chi connectivity index (χ1n) is 5.04. The van der Waals surface area contributed by atoms with Gasteiger partial charge in [0.15, 0.2) is 12.9 Å². The van der Waals surface area contributed by atoms with E-state index < -0.39 is 11.7 Å². The smallest absolute Gasteiger partial charge is 0.416 e. The van der Waals surface area contributed by atoms with Crippen LogP contribution < -0.4 is 4.74 Å². The fourth-order valence-electron chi connectivity index (χ4n) is 1.25. The first kappa shape index (κ1) is 13.1. The molecular formula is C11H7F3N2O3. The van der Waals surface area contributed by atoms with Crippen LogP contribution in [0.4, 0.5) is 13.2 Å². The van der Waals surface area contributed by atoms with Crippen LogP contribution >= 0.6 is 0 Å². The highest BCUT2D eigenvalue weighted by Gasteiger charge is 2.30. The minimum atomic E-state index is -4.46. The highest BCUT2D eigenvalue weighted by molar-refractivity contribution is 5.70. The molecular weight excluding hydrogens is 265 g/mol. The van der Waals surface area contributed by atoms with Crippen molar-refractivity contribution >= 4 is 6.29 Å². The van der Waals surface area contributed by atoms with Gasteiger partial charge in [0.05, 0.1) is 5.56 Å². The number of aromatic nitrogens is 2. The van der Waals surface area contributed by atoms with Gasteiger partial charge in [-0.05, 0) is 6.07 Å². The van der Waals surface area contributed by atoms with E-state index in [1.807, 2.05) is 0 Å². The van der Waals surface area contributed by atoms with Gasteiger partial charge in [-0.15, -0.1) is 0 Å². The summed E-state index contributed by atoms with van der Waals surface area (Å²) in [5.41, 5.74) is -0.783. The highest BCUT2D eigenvalue weighted by atomic mass is 19.4. The molecule has 0 amide bonds. The summed E-state index contributed by atoms with van der Waals surface area (Å²) in [4.78, 5) is 17.7. The number of nitrogens with zero attached hydrogens (tertiary/aromatic N) is 2. The molecule has 0 N–H and O–H groups in total. The molecule has 2 aromatic rings. The van der Waals surface area contributed by atoms with Gasteiger partial charge in [0, 0.05) is 12.3 Å². The van der Waals surface area contributed by atoms with Crippen LogP contribution in [0.3, 0.4) is 0 Å². The van der Waals surface area contributed by atoms with Crippen molar-refractivity contribution in [3.63, 3.8) is 0 Å². The van der Waals surface area contributed by atoms with Gasteiger partial charge >= 0.3 is 6.18 Å². The molecule has 0 radical (unpaired) electrons. The molecule has 2 rings (SSSR count). The minimum absolute atomic E-state index is 0.0707. The van der Waals surface area contributed by atoms with E-state index in [1.54, 1.807) is 0 Å². The lowest BCUT2D eigenvalue weighted by Gasteiger charge is -2.08. The zero-order valence-electron chi connectivity index (χ0n) is 9.35. The Morgan fingerprint density at radius 3 is 2.84 bits per heavy atom. The van der Waals surface area contributed by atoms with Gasteiger partial charge in [0.25, 0.3) is 0 Å². The number of carbonyl (C=O) groups excluding carboxylic acids is 1. The Kier molecular flexibility index (Phi) is 3.50. The molecule has 0 aromatic carbocycles. The van der Waals surface area contributed by atoms with Gasteiger partial charge in [-0.1, -0.05) is 0 Å². The van der Waals surface area contributed by atoms with Crippen LogP contribution in [0.1, 0.15) is 21.9 Å². The average molecular weight is 272 g/mol. The fourth-order valence-corrected chi connectivity index (χ4v) is 1.25. The number of oxazole rings is 1. The standard InChI is InChI=1S/C11H7F3N2O3/c12-11(13,14)7-1-2-15-9(3-7)19-6-10-16-8(4-17)5-18-10/h1-5H,6H2. The Hall–Kier alpha value is -2.38. The van der Waals surface area contributed by atoms with Crippen molar-refractivity contribution in [2.24, 2.45) is 0 Å². The summed E-state index contributed by atoms with van der Waals surface area (Å²) in [6.07, 6.45) is -1.87. The van der Waals surface area contributed by atoms with Crippen LogP contribution in [-0.4, -0.2) is 16.3 Å². The first-order chi connectivity index (χ1) is 8.99. The van der Waals surface area contributed by atoms with Gasteiger partial charge in [0.2, 0.25) is 11.8 Å². The normalized spacial score (nSPS) is 11.3. The topological polar surface area (TPSA) is 65.2 Å². The number of alkyl halides is 3. The SMILES string of the molecule is O=Cc1coc(COc2cc(C(F)(F)F)ccn2)n1. The van der Waals surface area contributed by atoms with Crippen LogP contribution in [0.2, 0.25) is 0 Å². The van der Waals surface area contributed by atoms with Gasteiger partial charge in [0.1, 0.15) is 12.0 Å². The van der Waals surface area contributed by atoms with Gasteiger partial charge in [-0.2, -0.15) is 13.2 Å². The second kappa shape index (κ2) is 5.09. The predicted molar refractivity (Wildman–Crippen MR) is 55.5 cm³/mol. The lowest BCUT2D eigenvalue weighted by molar-refractivity contribution is -0.137. The second-order valence-electron chi connectivity index (χ2n) is 3.45. The van der Waals surface area contributed by atoms with Crippen LogP contribution in [0, 0.1) is 0 Å². The number of ether oxygens (including phenoxy) is 1. The number of carbonyl (C=O) groups is 1. The Balaban J connectivity index is 2.05. The van der Waals surface area contributed by atoms with Crippen molar-refractivity contribution in [2.45, 2.75) is 12.8 Å². The molecule has 2 heterocycles. The van der Waals surface area contributed by atoms with E-state index in [0.29, 0.717) is 6.29 Å². The Morgan fingerprint density at radius 1 is 1.42 bits per heavy atom. The van der Waals surface area contributed by atoms with E-state index in [9.17, 15) is 18.0 Å². The average Bonchev–Trinajstić information content (AvgIpc) is 2.84. The van der Waals surface area contributed by atoms with Crippen LogP contribution in [-0.2, 0) is 12.8 Å². The number of hydrogen-bond donors (Lipinski definition) is 0. The van der Waals surface area contributed by atoms with Crippen molar-refractivity contribution in [3.05, 3.63) is 41.7 Å². The number of halogens is 3. The minimum Gasteiger partial charge on any atom is -0.468 e. The summed E-state index contributed by atoms with van der Waals surface area (Å²) < 4.78 is 47.1. The number of rotatable bonds is 4. The monoisotopic (exact) mass is 272 g/mol. The molecule has 0 saturated heterocycles. The largest absolute Gasteiger partial charge is 0.468 e. The molecule has 0 bridgehead atoms. The zero-order chi connectivity index (χ0) is 13.9. The van der Waals surface area contributed by atoms with E-state index in [-0.39, 0.29) is 24.1 Å². The Labute approximate surface area is 105 Å². The van der Waals surface area contributed by atoms with Crippen molar-refractivity contribution < 1.29 is 27.1 Å². The van der Waals surface area contributed by atoms with Crippen molar-refractivity contribution in [2.75, 3.05) is 0 Å². The lowest BCUT2D eigenvalue weighted by atomic mass is 10.2. The quantitative estimate of drug-likeness (QED) is 0.800. The third-order valence-corrected chi connectivity index (χ3v) is 2.10. The molecule has 0 unspecified atom stereocenters.